The molecule has 0 aromatic heterocycles. The third-order valence-electron chi connectivity index (χ3n) is 5.24. The predicted molar refractivity (Wildman–Crippen MR) is 66.5 cm³/mol. The van der Waals surface area contributed by atoms with Gasteiger partial charge in [-0.15, -0.1) is 12.4 Å². The number of nitrogens with zero attached hydrogens (tertiary/aromatic N) is 1. The first kappa shape index (κ1) is 11.7. The van der Waals surface area contributed by atoms with E-state index in [2.05, 4.69) is 11.8 Å². The van der Waals surface area contributed by atoms with Gasteiger partial charge >= 0.3 is 0 Å². The minimum absolute atomic E-state index is 0. The van der Waals surface area contributed by atoms with Crippen LogP contribution >= 0.6 is 12.4 Å². The fourth-order valence-corrected chi connectivity index (χ4v) is 4.59. The summed E-state index contributed by atoms with van der Waals surface area (Å²) in [5.41, 5.74) is 0.789. The second-order valence-electron chi connectivity index (χ2n) is 5.91. The normalized spacial score (nSPS) is 44.6. The van der Waals surface area contributed by atoms with Gasteiger partial charge in [0.25, 0.3) is 0 Å². The molecule has 0 radical (unpaired) electrons. The van der Waals surface area contributed by atoms with E-state index in [0.717, 1.165) is 17.3 Å². The molecule has 0 N–H and O–H groups in total. The van der Waals surface area contributed by atoms with Crippen LogP contribution in [0.3, 0.4) is 0 Å². The summed E-state index contributed by atoms with van der Waals surface area (Å²) < 4.78 is 0. The lowest BCUT2D eigenvalue weighted by atomic mass is 9.68. The molecule has 15 heavy (non-hydrogen) atoms. The molecule has 2 saturated carbocycles. The zero-order valence-electron chi connectivity index (χ0n) is 9.87. The molecular weight excluding hydrogens is 206 g/mol. The molecule has 88 valence electrons. The molecule has 3 fully saturated rings. The van der Waals surface area contributed by atoms with E-state index in [1.165, 1.54) is 26.1 Å². The number of rotatable bonds is 1. The maximum absolute atomic E-state index is 2.70. The van der Waals surface area contributed by atoms with Crippen LogP contribution in [-0.2, 0) is 0 Å². The molecule has 1 nitrogen and oxygen atoms in total. The van der Waals surface area contributed by atoms with Crippen LogP contribution in [0.1, 0.15) is 45.4 Å². The first-order valence-electron chi connectivity index (χ1n) is 6.55. The van der Waals surface area contributed by atoms with Crippen molar-refractivity contribution < 1.29 is 0 Å². The molecule has 1 spiro atoms. The molecule has 3 rings (SSSR count). The lowest BCUT2D eigenvalue weighted by Gasteiger charge is -2.45. The molecule has 3 aliphatic rings. The number of fused-ring (bicyclic) bond motifs is 3. The average molecular weight is 230 g/mol. The van der Waals surface area contributed by atoms with Gasteiger partial charge in [-0.1, -0.05) is 13.3 Å². The Hall–Kier alpha value is 0.250. The largest absolute Gasteiger partial charge is 0.303 e. The summed E-state index contributed by atoms with van der Waals surface area (Å²) in [6, 6.07) is 0. The molecule has 2 heteroatoms. The van der Waals surface area contributed by atoms with Crippen molar-refractivity contribution in [2.45, 2.75) is 45.4 Å². The molecule has 1 heterocycles. The Kier molecular flexibility index (Phi) is 3.33. The van der Waals surface area contributed by atoms with E-state index in [0.29, 0.717) is 0 Å². The van der Waals surface area contributed by atoms with Crippen LogP contribution in [0.2, 0.25) is 0 Å². The van der Waals surface area contributed by atoms with Crippen LogP contribution in [0.25, 0.3) is 0 Å². The van der Waals surface area contributed by atoms with E-state index in [1.807, 2.05) is 0 Å². The highest BCUT2D eigenvalue weighted by Gasteiger charge is 2.51. The molecule has 2 bridgehead atoms. The Labute approximate surface area is 100 Å². The van der Waals surface area contributed by atoms with E-state index >= 15 is 0 Å². The highest BCUT2D eigenvalue weighted by atomic mass is 35.5. The van der Waals surface area contributed by atoms with Gasteiger partial charge < -0.3 is 4.90 Å². The zero-order chi connectivity index (χ0) is 9.60. The van der Waals surface area contributed by atoms with Crippen molar-refractivity contribution >= 4 is 12.4 Å². The summed E-state index contributed by atoms with van der Waals surface area (Å²) in [6.07, 6.45) is 9.29. The molecule has 1 saturated heterocycles. The van der Waals surface area contributed by atoms with Crippen LogP contribution in [0.15, 0.2) is 0 Å². The summed E-state index contributed by atoms with van der Waals surface area (Å²) >= 11 is 0. The predicted octanol–water partition coefficient (Wildman–Crippen LogP) is 3.33. The maximum Gasteiger partial charge on any atom is 0.00406 e. The van der Waals surface area contributed by atoms with Gasteiger partial charge in [-0.05, 0) is 62.4 Å². The number of hydrogen-bond donors (Lipinski definition) is 0. The number of hydrogen-bond acceptors (Lipinski definition) is 1. The molecule has 0 aromatic rings. The molecule has 0 amide bonds. The summed E-state index contributed by atoms with van der Waals surface area (Å²) in [6.45, 7) is 6.41. The van der Waals surface area contributed by atoms with Crippen LogP contribution in [0, 0.1) is 17.3 Å². The summed E-state index contributed by atoms with van der Waals surface area (Å²) in [5.74, 6) is 2.23. The van der Waals surface area contributed by atoms with Gasteiger partial charge in [-0.3, -0.25) is 0 Å². The molecule has 3 atom stereocenters. The Balaban J connectivity index is 0.000000853. The molecule has 3 unspecified atom stereocenters. The van der Waals surface area contributed by atoms with E-state index in [4.69, 9.17) is 0 Å². The van der Waals surface area contributed by atoms with E-state index in [1.54, 1.807) is 32.1 Å². The van der Waals surface area contributed by atoms with Crippen molar-refractivity contribution in [1.82, 2.24) is 4.90 Å². The van der Waals surface area contributed by atoms with Crippen LogP contribution in [0.5, 0.6) is 0 Å². The molecular formula is C13H24ClN. The Morgan fingerprint density at radius 1 is 1.33 bits per heavy atom. The third-order valence-corrected chi connectivity index (χ3v) is 5.24. The zero-order valence-corrected chi connectivity index (χ0v) is 10.7. The fraction of sp³-hybridized carbons (Fsp3) is 1.00. The lowest BCUT2D eigenvalue weighted by Crippen LogP contribution is -2.45. The molecule has 2 aliphatic carbocycles. The van der Waals surface area contributed by atoms with Gasteiger partial charge in [0.05, 0.1) is 0 Å². The van der Waals surface area contributed by atoms with Crippen LogP contribution in [-0.4, -0.2) is 24.5 Å². The van der Waals surface area contributed by atoms with Crippen LogP contribution in [0.4, 0.5) is 0 Å². The second-order valence-corrected chi connectivity index (χ2v) is 5.91. The number of piperidine rings is 1. The maximum atomic E-state index is 2.70. The smallest absolute Gasteiger partial charge is 0.00406 e. The lowest BCUT2D eigenvalue weighted by molar-refractivity contribution is 0.0414. The van der Waals surface area contributed by atoms with Gasteiger partial charge in [-0.2, -0.15) is 0 Å². The first-order chi connectivity index (χ1) is 6.82. The fourth-order valence-electron chi connectivity index (χ4n) is 4.59. The Bertz CT molecular complexity index is 231. The van der Waals surface area contributed by atoms with Crippen molar-refractivity contribution in [3.63, 3.8) is 0 Å². The van der Waals surface area contributed by atoms with E-state index in [9.17, 15) is 0 Å². The van der Waals surface area contributed by atoms with E-state index in [-0.39, 0.29) is 12.4 Å². The third kappa shape index (κ3) is 1.82. The van der Waals surface area contributed by atoms with Crippen molar-refractivity contribution in [3.05, 3.63) is 0 Å². The van der Waals surface area contributed by atoms with Gasteiger partial charge in [0.15, 0.2) is 0 Å². The van der Waals surface area contributed by atoms with Crippen molar-refractivity contribution in [1.29, 1.82) is 0 Å². The number of halogens is 1. The van der Waals surface area contributed by atoms with Crippen LogP contribution < -0.4 is 0 Å². The summed E-state index contributed by atoms with van der Waals surface area (Å²) in [4.78, 5) is 2.70. The van der Waals surface area contributed by atoms with Crippen molar-refractivity contribution in [2.24, 2.45) is 17.3 Å². The SMILES string of the molecule is CCN1CCCC2(CC3CCC2C3)C1.Cl. The first-order valence-corrected chi connectivity index (χ1v) is 6.55. The van der Waals surface area contributed by atoms with Crippen molar-refractivity contribution in [3.8, 4) is 0 Å². The minimum Gasteiger partial charge on any atom is -0.303 e. The van der Waals surface area contributed by atoms with Gasteiger partial charge in [0.2, 0.25) is 0 Å². The topological polar surface area (TPSA) is 3.24 Å². The van der Waals surface area contributed by atoms with Gasteiger partial charge in [-0.25, -0.2) is 0 Å². The highest BCUT2D eigenvalue weighted by molar-refractivity contribution is 5.85. The van der Waals surface area contributed by atoms with Gasteiger partial charge in [0, 0.05) is 6.54 Å². The quantitative estimate of drug-likeness (QED) is 0.667. The summed E-state index contributed by atoms with van der Waals surface area (Å²) in [7, 11) is 0. The Morgan fingerprint density at radius 2 is 2.20 bits per heavy atom. The minimum atomic E-state index is 0. The average Bonchev–Trinajstić information content (AvgIpc) is 2.78. The highest BCUT2D eigenvalue weighted by Crippen LogP contribution is 2.59. The standard InChI is InChI=1S/C13H23N.ClH/c1-2-14-7-3-6-13(10-14)9-11-4-5-12(13)8-11;/h11-12H,2-10H2,1H3;1H. The second kappa shape index (κ2) is 4.25. The summed E-state index contributed by atoms with van der Waals surface area (Å²) in [5, 5.41) is 0. The van der Waals surface area contributed by atoms with Crippen molar-refractivity contribution in [2.75, 3.05) is 19.6 Å². The molecule has 0 aromatic carbocycles. The van der Waals surface area contributed by atoms with Gasteiger partial charge in [0.1, 0.15) is 0 Å². The molecule has 1 aliphatic heterocycles. The number of likely N-dealkylation sites (tertiary alicyclic amines) is 1. The Morgan fingerprint density at radius 3 is 2.80 bits per heavy atom. The monoisotopic (exact) mass is 229 g/mol. The van der Waals surface area contributed by atoms with E-state index < -0.39 is 0 Å².